The van der Waals surface area contributed by atoms with E-state index in [1.54, 1.807) is 59.7 Å². The fourth-order valence-corrected chi connectivity index (χ4v) is 3.49. The molecule has 0 spiro atoms. The molecule has 4 N–H and O–H groups in total. The van der Waals surface area contributed by atoms with E-state index in [0.717, 1.165) is 0 Å². The molecule has 0 radical (unpaired) electrons. The molecule has 0 heterocycles. The number of phenols is 1. The summed E-state index contributed by atoms with van der Waals surface area (Å²) in [5.74, 6) is -1.46. The van der Waals surface area contributed by atoms with Crippen LogP contribution in [0.5, 0.6) is 5.75 Å². The molecule has 9 heteroatoms. The van der Waals surface area contributed by atoms with Crippen LogP contribution in [0, 0.1) is 12.8 Å². The van der Waals surface area contributed by atoms with Crippen molar-refractivity contribution in [1.29, 1.82) is 0 Å². The standard InChI is InChI=1S/C25H41N3O6/c1-9-16(4)19(27-24(33)34-25(6,7)8)23(32)28(13-14-29)20(22(31)26-15(2)3)18-12-10-11-17(5)21(18)30/h10-12,15-16,19-20,29-30H,9,13-14H2,1-8H3,(H,26,31)(H,27,33). The SMILES string of the molecule is CCC(C)C(NC(=O)OC(C)(C)C)C(=O)N(CCO)C(C(=O)NC(C)C)c1cccc(C)c1O. The topological polar surface area (TPSA) is 128 Å². The number of aromatic hydroxyl groups is 1. The van der Waals surface area contributed by atoms with Crippen LogP contribution in [0.1, 0.15) is 72.1 Å². The number of phenolic OH excluding ortho intramolecular Hbond substituents is 1. The lowest BCUT2D eigenvalue weighted by atomic mass is 9.95. The molecular weight excluding hydrogens is 438 g/mol. The summed E-state index contributed by atoms with van der Waals surface area (Å²) in [4.78, 5) is 40.8. The van der Waals surface area contributed by atoms with Crippen molar-refractivity contribution in [2.45, 2.75) is 85.5 Å². The number of benzene rings is 1. The highest BCUT2D eigenvalue weighted by Crippen LogP contribution is 2.32. The van der Waals surface area contributed by atoms with Gasteiger partial charge in [0, 0.05) is 18.2 Å². The minimum absolute atomic E-state index is 0.109. The van der Waals surface area contributed by atoms with E-state index in [1.807, 2.05) is 13.8 Å². The van der Waals surface area contributed by atoms with Gasteiger partial charge < -0.3 is 30.5 Å². The summed E-state index contributed by atoms with van der Waals surface area (Å²) in [6, 6.07) is 2.51. The fourth-order valence-electron chi connectivity index (χ4n) is 3.49. The lowest BCUT2D eigenvalue weighted by Crippen LogP contribution is -2.56. The molecule has 34 heavy (non-hydrogen) atoms. The first-order valence-corrected chi connectivity index (χ1v) is 11.7. The molecule has 1 aromatic rings. The second-order valence-corrected chi connectivity index (χ2v) is 9.84. The Morgan fingerprint density at radius 1 is 1.12 bits per heavy atom. The molecule has 0 aromatic heterocycles. The Morgan fingerprint density at radius 2 is 1.74 bits per heavy atom. The number of nitrogens with zero attached hydrogens (tertiary/aromatic N) is 1. The Hall–Kier alpha value is -2.81. The first-order chi connectivity index (χ1) is 15.7. The average Bonchev–Trinajstić information content (AvgIpc) is 2.71. The first kappa shape index (κ1) is 29.2. The fraction of sp³-hybridized carbons (Fsp3) is 0.640. The summed E-state index contributed by atoms with van der Waals surface area (Å²) in [5.41, 5.74) is 0.0204. The van der Waals surface area contributed by atoms with Crippen LogP contribution < -0.4 is 10.6 Å². The lowest BCUT2D eigenvalue weighted by molar-refractivity contribution is -0.144. The molecule has 1 aromatic carbocycles. The molecule has 3 unspecified atom stereocenters. The van der Waals surface area contributed by atoms with Gasteiger partial charge in [0.15, 0.2) is 0 Å². The van der Waals surface area contributed by atoms with Crippen molar-refractivity contribution in [2.75, 3.05) is 13.2 Å². The van der Waals surface area contributed by atoms with Crippen LogP contribution in [0.2, 0.25) is 0 Å². The third kappa shape index (κ3) is 8.20. The van der Waals surface area contributed by atoms with Gasteiger partial charge in [-0.1, -0.05) is 38.5 Å². The monoisotopic (exact) mass is 479 g/mol. The molecule has 1 rings (SSSR count). The van der Waals surface area contributed by atoms with Gasteiger partial charge in [0.25, 0.3) is 0 Å². The summed E-state index contributed by atoms with van der Waals surface area (Å²) >= 11 is 0. The van der Waals surface area contributed by atoms with E-state index in [0.29, 0.717) is 12.0 Å². The van der Waals surface area contributed by atoms with Crippen LogP contribution in [0.4, 0.5) is 4.79 Å². The molecule has 0 saturated carbocycles. The molecule has 9 nitrogen and oxygen atoms in total. The lowest BCUT2D eigenvalue weighted by Gasteiger charge is -2.36. The summed E-state index contributed by atoms with van der Waals surface area (Å²) < 4.78 is 5.34. The second-order valence-electron chi connectivity index (χ2n) is 9.84. The number of carbonyl (C=O) groups is 3. The Morgan fingerprint density at radius 3 is 2.24 bits per heavy atom. The highest BCUT2D eigenvalue weighted by atomic mass is 16.6. The van der Waals surface area contributed by atoms with Crippen molar-refractivity contribution in [3.05, 3.63) is 29.3 Å². The number of aryl methyl sites for hydroxylation is 1. The van der Waals surface area contributed by atoms with E-state index in [-0.39, 0.29) is 29.8 Å². The number of carbonyl (C=O) groups excluding carboxylic acids is 3. The smallest absolute Gasteiger partial charge is 0.408 e. The Kier molecular flexibility index (Phi) is 10.8. The predicted octanol–water partition coefficient (Wildman–Crippen LogP) is 3.03. The molecule has 0 aliphatic carbocycles. The molecule has 3 amide bonds. The van der Waals surface area contributed by atoms with Gasteiger partial charge in [-0.15, -0.1) is 0 Å². The largest absolute Gasteiger partial charge is 0.507 e. The van der Waals surface area contributed by atoms with Gasteiger partial charge in [-0.2, -0.15) is 0 Å². The summed E-state index contributed by atoms with van der Waals surface area (Å²) in [7, 11) is 0. The van der Waals surface area contributed by atoms with Crippen molar-refractivity contribution < 1.29 is 29.3 Å². The van der Waals surface area contributed by atoms with Crippen LogP contribution in [-0.2, 0) is 14.3 Å². The van der Waals surface area contributed by atoms with E-state index < -0.39 is 42.2 Å². The van der Waals surface area contributed by atoms with Gasteiger partial charge in [0.05, 0.1) is 6.61 Å². The maximum atomic E-state index is 13.8. The number of rotatable bonds is 10. The number of nitrogens with one attached hydrogen (secondary N) is 2. The number of hydrogen-bond donors (Lipinski definition) is 4. The quantitative estimate of drug-likeness (QED) is 0.408. The molecule has 192 valence electrons. The van der Waals surface area contributed by atoms with Gasteiger partial charge in [-0.05, 0) is 53.0 Å². The number of aliphatic hydroxyl groups excluding tert-OH is 1. The number of alkyl carbamates (subject to hydrolysis) is 1. The zero-order valence-electron chi connectivity index (χ0n) is 21.6. The van der Waals surface area contributed by atoms with Crippen molar-refractivity contribution in [3.8, 4) is 5.75 Å². The number of ether oxygens (including phenoxy) is 1. The zero-order chi connectivity index (χ0) is 26.2. The first-order valence-electron chi connectivity index (χ1n) is 11.7. The zero-order valence-corrected chi connectivity index (χ0v) is 21.6. The van der Waals surface area contributed by atoms with Crippen molar-refractivity contribution >= 4 is 17.9 Å². The number of amides is 3. The summed E-state index contributed by atoms with van der Waals surface area (Å²) in [5, 5.41) is 26.0. The van der Waals surface area contributed by atoms with Crippen LogP contribution in [-0.4, -0.2) is 63.9 Å². The average molecular weight is 480 g/mol. The van der Waals surface area contributed by atoms with Crippen molar-refractivity contribution in [3.63, 3.8) is 0 Å². The molecule has 0 saturated heterocycles. The van der Waals surface area contributed by atoms with E-state index in [9.17, 15) is 24.6 Å². The van der Waals surface area contributed by atoms with E-state index in [2.05, 4.69) is 10.6 Å². The van der Waals surface area contributed by atoms with Crippen molar-refractivity contribution in [2.24, 2.45) is 5.92 Å². The number of aliphatic hydroxyl groups is 1. The second kappa shape index (κ2) is 12.6. The van der Waals surface area contributed by atoms with Gasteiger partial charge in [-0.25, -0.2) is 4.79 Å². The third-order valence-corrected chi connectivity index (χ3v) is 5.33. The van der Waals surface area contributed by atoms with Gasteiger partial charge in [0.2, 0.25) is 11.8 Å². The van der Waals surface area contributed by atoms with Crippen LogP contribution in [0.3, 0.4) is 0 Å². The van der Waals surface area contributed by atoms with E-state index in [1.165, 1.54) is 4.90 Å². The van der Waals surface area contributed by atoms with E-state index in [4.69, 9.17) is 4.74 Å². The molecule has 0 aliphatic heterocycles. The maximum Gasteiger partial charge on any atom is 0.408 e. The van der Waals surface area contributed by atoms with Crippen molar-refractivity contribution in [1.82, 2.24) is 15.5 Å². The number of para-hydroxylation sites is 1. The molecule has 0 bridgehead atoms. The number of hydrogen-bond acceptors (Lipinski definition) is 6. The van der Waals surface area contributed by atoms with Crippen LogP contribution in [0.25, 0.3) is 0 Å². The van der Waals surface area contributed by atoms with Gasteiger partial charge in [0.1, 0.15) is 23.4 Å². The summed E-state index contributed by atoms with van der Waals surface area (Å²) in [6.45, 7) is 13.5. The van der Waals surface area contributed by atoms with Crippen LogP contribution >= 0.6 is 0 Å². The summed E-state index contributed by atoms with van der Waals surface area (Å²) in [6.07, 6.45) is -0.186. The Bertz CT molecular complexity index is 850. The van der Waals surface area contributed by atoms with E-state index >= 15 is 0 Å². The highest BCUT2D eigenvalue weighted by molar-refractivity contribution is 5.92. The van der Waals surface area contributed by atoms with Gasteiger partial charge >= 0.3 is 6.09 Å². The molecule has 0 fully saturated rings. The Balaban J connectivity index is 3.53. The highest BCUT2D eigenvalue weighted by Gasteiger charge is 2.39. The molecule has 3 atom stereocenters. The van der Waals surface area contributed by atoms with Gasteiger partial charge in [-0.3, -0.25) is 9.59 Å². The molecular formula is C25H41N3O6. The van der Waals surface area contributed by atoms with Crippen LogP contribution in [0.15, 0.2) is 18.2 Å². The minimum atomic E-state index is -1.21. The minimum Gasteiger partial charge on any atom is -0.507 e. The Labute approximate surface area is 202 Å². The predicted molar refractivity (Wildman–Crippen MR) is 130 cm³/mol. The third-order valence-electron chi connectivity index (χ3n) is 5.33. The normalized spacial score (nSPS) is 14.2. The maximum absolute atomic E-state index is 13.8. The molecule has 0 aliphatic rings.